The van der Waals surface area contributed by atoms with Crippen LogP contribution in [0.2, 0.25) is 0 Å². The van der Waals surface area contributed by atoms with E-state index in [-0.39, 0.29) is 25.4 Å². The third-order valence-electron chi connectivity index (χ3n) is 2.76. The summed E-state index contributed by atoms with van der Waals surface area (Å²) in [5, 5.41) is 9.03. The zero-order chi connectivity index (χ0) is 10.2. The van der Waals surface area contributed by atoms with Crippen LogP contribution in [0.4, 0.5) is 8.78 Å². The van der Waals surface area contributed by atoms with E-state index in [0.29, 0.717) is 0 Å². The first-order valence-electron chi connectivity index (χ1n) is 4.69. The van der Waals surface area contributed by atoms with Crippen LogP contribution in [0.15, 0.2) is 24.3 Å². The normalized spacial score (nSPS) is 20.5. The molecule has 76 valence electrons. The van der Waals surface area contributed by atoms with E-state index in [2.05, 4.69) is 0 Å². The Bertz CT molecular complexity index is 328. The fraction of sp³-hybridized carbons (Fsp3) is 0.455. The van der Waals surface area contributed by atoms with E-state index in [1.165, 1.54) is 0 Å². The summed E-state index contributed by atoms with van der Waals surface area (Å²) >= 11 is 0. The van der Waals surface area contributed by atoms with Crippen molar-refractivity contribution < 1.29 is 13.9 Å². The zero-order valence-corrected chi connectivity index (χ0v) is 7.71. The molecule has 1 nitrogen and oxygen atoms in total. The fourth-order valence-electron chi connectivity index (χ4n) is 1.96. The van der Waals surface area contributed by atoms with Crippen molar-refractivity contribution in [3.8, 4) is 0 Å². The summed E-state index contributed by atoms with van der Waals surface area (Å²) in [6.07, 6.45) is -0.159. The van der Waals surface area contributed by atoms with Gasteiger partial charge in [0.2, 0.25) is 5.92 Å². The van der Waals surface area contributed by atoms with Gasteiger partial charge in [0.1, 0.15) is 0 Å². The van der Waals surface area contributed by atoms with Crippen LogP contribution in [0, 0.1) is 0 Å². The van der Waals surface area contributed by atoms with Crippen LogP contribution in [-0.2, 0) is 6.61 Å². The van der Waals surface area contributed by atoms with Gasteiger partial charge >= 0.3 is 0 Å². The quantitative estimate of drug-likeness (QED) is 0.774. The molecule has 1 fully saturated rings. The molecule has 3 heteroatoms. The molecule has 1 saturated carbocycles. The number of benzene rings is 1. The van der Waals surface area contributed by atoms with Gasteiger partial charge in [0.15, 0.2) is 0 Å². The molecule has 0 aromatic heterocycles. The smallest absolute Gasteiger partial charge is 0.249 e. The van der Waals surface area contributed by atoms with E-state index in [9.17, 15) is 8.78 Å². The highest BCUT2D eigenvalue weighted by molar-refractivity contribution is 5.32. The minimum atomic E-state index is -2.49. The predicted molar refractivity (Wildman–Crippen MR) is 49.3 cm³/mol. The first kappa shape index (κ1) is 9.59. The fourth-order valence-corrected chi connectivity index (χ4v) is 1.96. The second-order valence-corrected chi connectivity index (χ2v) is 3.82. The Balaban J connectivity index is 2.18. The number of alkyl halides is 2. The van der Waals surface area contributed by atoms with Crippen LogP contribution < -0.4 is 0 Å². The monoisotopic (exact) mass is 198 g/mol. The van der Waals surface area contributed by atoms with Crippen molar-refractivity contribution in [2.24, 2.45) is 0 Å². The molecular formula is C11H12F2O. The molecule has 0 spiro atoms. The minimum Gasteiger partial charge on any atom is -0.392 e. The minimum absolute atomic E-state index is 0.0712. The first-order valence-corrected chi connectivity index (χ1v) is 4.69. The third kappa shape index (κ3) is 1.64. The molecule has 1 N–H and O–H groups in total. The van der Waals surface area contributed by atoms with E-state index in [1.807, 2.05) is 18.2 Å². The average Bonchev–Trinajstić information content (AvgIpc) is 2.14. The lowest BCUT2D eigenvalue weighted by Gasteiger charge is -2.36. The Labute approximate surface area is 81.4 Å². The van der Waals surface area contributed by atoms with Crippen LogP contribution in [0.1, 0.15) is 29.9 Å². The van der Waals surface area contributed by atoms with Gasteiger partial charge < -0.3 is 5.11 Å². The molecule has 14 heavy (non-hydrogen) atoms. The van der Waals surface area contributed by atoms with Gasteiger partial charge in [-0.05, 0) is 17.0 Å². The summed E-state index contributed by atoms with van der Waals surface area (Å²) in [6, 6.07) is 7.24. The van der Waals surface area contributed by atoms with Gasteiger partial charge in [0, 0.05) is 12.8 Å². The molecule has 0 radical (unpaired) electrons. The Kier molecular flexibility index (Phi) is 2.27. The second kappa shape index (κ2) is 3.31. The predicted octanol–water partition coefficient (Wildman–Crippen LogP) is 2.69. The molecule has 0 bridgehead atoms. The van der Waals surface area contributed by atoms with Gasteiger partial charge in [0.25, 0.3) is 0 Å². The van der Waals surface area contributed by atoms with Crippen molar-refractivity contribution in [3.63, 3.8) is 0 Å². The molecule has 0 amide bonds. The molecule has 1 aliphatic rings. The van der Waals surface area contributed by atoms with Crippen LogP contribution in [0.3, 0.4) is 0 Å². The van der Waals surface area contributed by atoms with Gasteiger partial charge in [-0.3, -0.25) is 0 Å². The number of halogens is 2. The highest BCUT2D eigenvalue weighted by Crippen LogP contribution is 2.48. The summed E-state index contributed by atoms with van der Waals surface area (Å²) in [5.74, 6) is -2.57. The highest BCUT2D eigenvalue weighted by Gasteiger charge is 2.46. The molecule has 1 aromatic carbocycles. The van der Waals surface area contributed by atoms with Gasteiger partial charge in [-0.25, -0.2) is 8.78 Å². The summed E-state index contributed by atoms with van der Waals surface area (Å²) in [5.41, 5.74) is 1.65. The maximum absolute atomic E-state index is 12.6. The van der Waals surface area contributed by atoms with Crippen molar-refractivity contribution in [2.75, 3.05) is 0 Å². The molecule has 0 saturated heterocycles. The van der Waals surface area contributed by atoms with Crippen molar-refractivity contribution in [1.29, 1.82) is 0 Å². The molecule has 0 heterocycles. The van der Waals surface area contributed by atoms with Crippen molar-refractivity contribution in [2.45, 2.75) is 31.3 Å². The van der Waals surface area contributed by atoms with E-state index in [1.54, 1.807) is 6.07 Å². The van der Waals surface area contributed by atoms with Crippen LogP contribution in [-0.4, -0.2) is 11.0 Å². The highest BCUT2D eigenvalue weighted by atomic mass is 19.3. The van der Waals surface area contributed by atoms with Crippen molar-refractivity contribution in [1.82, 2.24) is 0 Å². The molecule has 0 atom stereocenters. The van der Waals surface area contributed by atoms with Crippen molar-refractivity contribution in [3.05, 3.63) is 35.4 Å². The van der Waals surface area contributed by atoms with E-state index < -0.39 is 5.92 Å². The van der Waals surface area contributed by atoms with Gasteiger partial charge in [0.05, 0.1) is 6.61 Å². The van der Waals surface area contributed by atoms with E-state index in [4.69, 9.17) is 5.11 Å². The number of aliphatic hydroxyl groups is 1. The van der Waals surface area contributed by atoms with E-state index in [0.717, 1.165) is 11.1 Å². The standard InChI is InChI=1S/C11H12F2O/c12-11(13)5-9(6-11)10-4-2-1-3-8(10)7-14/h1-4,9,14H,5-7H2. The van der Waals surface area contributed by atoms with Crippen molar-refractivity contribution >= 4 is 0 Å². The number of rotatable bonds is 2. The maximum Gasteiger partial charge on any atom is 0.249 e. The van der Waals surface area contributed by atoms with Gasteiger partial charge in [-0.2, -0.15) is 0 Å². The third-order valence-corrected chi connectivity index (χ3v) is 2.76. The number of hydrogen-bond acceptors (Lipinski definition) is 1. The Morgan fingerprint density at radius 2 is 1.93 bits per heavy atom. The Hall–Kier alpha value is -0.960. The molecule has 2 rings (SSSR count). The lowest BCUT2D eigenvalue weighted by molar-refractivity contribution is -0.0870. The summed E-state index contributed by atoms with van der Waals surface area (Å²) < 4.78 is 25.3. The Morgan fingerprint density at radius 1 is 1.29 bits per heavy atom. The Morgan fingerprint density at radius 3 is 2.50 bits per heavy atom. The van der Waals surface area contributed by atoms with Gasteiger partial charge in [-0.1, -0.05) is 24.3 Å². The lowest BCUT2D eigenvalue weighted by Crippen LogP contribution is -2.34. The summed E-state index contributed by atoms with van der Waals surface area (Å²) in [7, 11) is 0. The first-order chi connectivity index (χ1) is 6.62. The molecule has 1 aromatic rings. The molecule has 0 unspecified atom stereocenters. The topological polar surface area (TPSA) is 20.2 Å². The molecule has 1 aliphatic carbocycles. The summed E-state index contributed by atoms with van der Waals surface area (Å²) in [4.78, 5) is 0. The molecular weight excluding hydrogens is 186 g/mol. The largest absolute Gasteiger partial charge is 0.392 e. The van der Waals surface area contributed by atoms with Gasteiger partial charge in [-0.15, -0.1) is 0 Å². The maximum atomic E-state index is 12.6. The van der Waals surface area contributed by atoms with Crippen LogP contribution in [0.5, 0.6) is 0 Å². The SMILES string of the molecule is OCc1ccccc1C1CC(F)(F)C1. The molecule has 0 aliphatic heterocycles. The lowest BCUT2D eigenvalue weighted by atomic mass is 9.75. The van der Waals surface area contributed by atoms with Crippen LogP contribution >= 0.6 is 0 Å². The number of hydrogen-bond donors (Lipinski definition) is 1. The number of aliphatic hydroxyl groups excluding tert-OH is 1. The average molecular weight is 198 g/mol. The summed E-state index contributed by atoms with van der Waals surface area (Å²) in [6.45, 7) is -0.0712. The second-order valence-electron chi connectivity index (χ2n) is 3.82. The van der Waals surface area contributed by atoms with Crippen LogP contribution in [0.25, 0.3) is 0 Å². The zero-order valence-electron chi connectivity index (χ0n) is 7.71. The van der Waals surface area contributed by atoms with E-state index >= 15 is 0 Å².